The smallest absolute Gasteiger partial charge is 0.323 e. The van der Waals surface area contributed by atoms with Crippen LogP contribution in [0.2, 0.25) is 0 Å². The van der Waals surface area contributed by atoms with E-state index >= 15 is 0 Å². The highest BCUT2D eigenvalue weighted by Crippen LogP contribution is 2.36. The molecular formula is C13H19N3O4. The monoisotopic (exact) mass is 281 g/mol. The van der Waals surface area contributed by atoms with Gasteiger partial charge in [-0.15, -0.1) is 0 Å². The molecule has 0 saturated carbocycles. The summed E-state index contributed by atoms with van der Waals surface area (Å²) in [7, 11) is 0. The Balaban J connectivity index is 2.05. The number of H-pyrrole nitrogens is 2. The van der Waals surface area contributed by atoms with Gasteiger partial charge < -0.3 is 20.0 Å². The van der Waals surface area contributed by atoms with Crippen LogP contribution in [-0.4, -0.2) is 44.9 Å². The maximum atomic E-state index is 12.1. The number of carbonyl (C=O) groups excluding carboxylic acids is 1. The lowest BCUT2D eigenvalue weighted by Gasteiger charge is -2.38. The quantitative estimate of drug-likeness (QED) is 0.759. The van der Waals surface area contributed by atoms with Crippen LogP contribution in [0.5, 0.6) is 0 Å². The minimum Gasteiger partial charge on any atom is -0.481 e. The molecule has 0 unspecified atom stereocenters. The van der Waals surface area contributed by atoms with E-state index in [-0.39, 0.29) is 11.6 Å². The Morgan fingerprint density at radius 2 is 2.05 bits per heavy atom. The fourth-order valence-corrected chi connectivity index (χ4v) is 2.80. The molecule has 1 fully saturated rings. The molecule has 1 aromatic heterocycles. The first-order valence-electron chi connectivity index (χ1n) is 6.79. The summed E-state index contributed by atoms with van der Waals surface area (Å²) in [6.45, 7) is 2.77. The number of aromatic nitrogens is 2. The van der Waals surface area contributed by atoms with Crippen LogP contribution in [0.3, 0.4) is 0 Å². The van der Waals surface area contributed by atoms with Gasteiger partial charge in [0, 0.05) is 19.3 Å². The van der Waals surface area contributed by atoms with Crippen molar-refractivity contribution in [2.75, 3.05) is 13.1 Å². The van der Waals surface area contributed by atoms with Gasteiger partial charge in [-0.25, -0.2) is 4.79 Å². The highest BCUT2D eigenvalue weighted by molar-refractivity contribution is 5.92. The minimum absolute atomic E-state index is 0.216. The Labute approximate surface area is 116 Å². The van der Waals surface area contributed by atoms with Gasteiger partial charge in [0.05, 0.1) is 5.41 Å². The van der Waals surface area contributed by atoms with Crippen LogP contribution in [-0.2, 0) is 4.79 Å². The van der Waals surface area contributed by atoms with E-state index in [2.05, 4.69) is 9.97 Å². The summed E-state index contributed by atoms with van der Waals surface area (Å²) in [5.41, 5.74) is -0.915. The van der Waals surface area contributed by atoms with Crippen LogP contribution >= 0.6 is 0 Å². The van der Waals surface area contributed by atoms with Crippen molar-refractivity contribution in [3.63, 3.8) is 0 Å². The molecule has 3 N–H and O–H groups in total. The number of aromatic amines is 2. The highest BCUT2D eigenvalue weighted by atomic mass is 16.4. The number of likely N-dealkylation sites (tertiary alicyclic amines) is 1. The zero-order chi connectivity index (χ0) is 14.8. The van der Waals surface area contributed by atoms with Crippen molar-refractivity contribution >= 4 is 11.9 Å². The standard InChI is InChI=1S/C13H19N3O4/c1-2-3-13(11(18)19)4-6-16(7-5-13)10(17)9-8-14-12(20)15-9/h8H,2-7H2,1H3,(H,18,19)(H2,14,15,20). The molecule has 7 heteroatoms. The van der Waals surface area contributed by atoms with Crippen molar-refractivity contribution in [2.24, 2.45) is 5.41 Å². The summed E-state index contributed by atoms with van der Waals surface area (Å²) in [5, 5.41) is 9.41. The molecule has 0 atom stereocenters. The third-order valence-corrected chi connectivity index (χ3v) is 4.02. The second-order valence-electron chi connectivity index (χ2n) is 5.28. The number of hydrogen-bond donors (Lipinski definition) is 3. The van der Waals surface area contributed by atoms with E-state index in [1.807, 2.05) is 6.92 Å². The molecule has 1 saturated heterocycles. The topological polar surface area (TPSA) is 106 Å². The maximum absolute atomic E-state index is 12.1. The highest BCUT2D eigenvalue weighted by Gasteiger charge is 2.41. The van der Waals surface area contributed by atoms with Gasteiger partial charge in [-0.3, -0.25) is 9.59 Å². The van der Waals surface area contributed by atoms with Gasteiger partial charge in [0.15, 0.2) is 0 Å². The van der Waals surface area contributed by atoms with Gasteiger partial charge in [0.2, 0.25) is 0 Å². The van der Waals surface area contributed by atoms with E-state index in [1.165, 1.54) is 6.20 Å². The second-order valence-corrected chi connectivity index (χ2v) is 5.28. The maximum Gasteiger partial charge on any atom is 0.323 e. The van der Waals surface area contributed by atoms with Crippen LogP contribution in [0.1, 0.15) is 43.1 Å². The fraction of sp³-hybridized carbons (Fsp3) is 0.615. The number of imidazole rings is 1. The van der Waals surface area contributed by atoms with Crippen molar-refractivity contribution in [3.8, 4) is 0 Å². The lowest BCUT2D eigenvalue weighted by molar-refractivity contribution is -0.152. The predicted octanol–water partition coefficient (Wildman–Crippen LogP) is 0.810. The van der Waals surface area contributed by atoms with Crippen molar-refractivity contribution in [1.29, 1.82) is 0 Å². The summed E-state index contributed by atoms with van der Waals surface area (Å²) in [6.07, 6.45) is 3.69. The third-order valence-electron chi connectivity index (χ3n) is 4.02. The Morgan fingerprint density at radius 3 is 2.50 bits per heavy atom. The summed E-state index contributed by atoms with van der Waals surface area (Å²) in [5.74, 6) is -1.04. The summed E-state index contributed by atoms with van der Waals surface area (Å²) < 4.78 is 0. The van der Waals surface area contributed by atoms with Crippen molar-refractivity contribution in [1.82, 2.24) is 14.9 Å². The molecule has 1 aliphatic heterocycles. The molecular weight excluding hydrogens is 262 g/mol. The zero-order valence-corrected chi connectivity index (χ0v) is 11.4. The number of nitrogens with zero attached hydrogens (tertiary/aromatic N) is 1. The number of carboxylic acids is 1. The molecule has 2 heterocycles. The molecule has 0 radical (unpaired) electrons. The van der Waals surface area contributed by atoms with Crippen molar-refractivity contribution < 1.29 is 14.7 Å². The van der Waals surface area contributed by atoms with Crippen molar-refractivity contribution in [3.05, 3.63) is 22.4 Å². The summed E-state index contributed by atoms with van der Waals surface area (Å²) in [4.78, 5) is 41.0. The predicted molar refractivity (Wildman–Crippen MR) is 71.5 cm³/mol. The molecule has 7 nitrogen and oxygen atoms in total. The molecule has 2 rings (SSSR count). The number of nitrogens with one attached hydrogen (secondary N) is 2. The Hall–Kier alpha value is -2.05. The number of aliphatic carboxylic acids is 1. The van der Waals surface area contributed by atoms with Crippen LogP contribution in [0, 0.1) is 5.41 Å². The second kappa shape index (κ2) is 5.52. The fourth-order valence-electron chi connectivity index (χ4n) is 2.80. The first-order chi connectivity index (χ1) is 9.48. The lowest BCUT2D eigenvalue weighted by Crippen LogP contribution is -2.46. The van der Waals surface area contributed by atoms with E-state index in [1.54, 1.807) is 4.90 Å². The average Bonchev–Trinajstić information content (AvgIpc) is 2.85. The summed E-state index contributed by atoms with van der Waals surface area (Å²) >= 11 is 0. The van der Waals surface area contributed by atoms with E-state index in [0.717, 1.165) is 6.42 Å². The van der Waals surface area contributed by atoms with Gasteiger partial charge in [0.1, 0.15) is 5.69 Å². The van der Waals surface area contributed by atoms with E-state index in [9.17, 15) is 19.5 Å². The number of carbonyl (C=O) groups is 2. The largest absolute Gasteiger partial charge is 0.481 e. The zero-order valence-electron chi connectivity index (χ0n) is 11.4. The number of hydrogen-bond acceptors (Lipinski definition) is 3. The normalized spacial score (nSPS) is 17.9. The average molecular weight is 281 g/mol. The van der Waals surface area contributed by atoms with Crippen LogP contribution in [0.25, 0.3) is 0 Å². The molecule has 0 aromatic carbocycles. The number of amides is 1. The van der Waals surface area contributed by atoms with Gasteiger partial charge in [-0.1, -0.05) is 13.3 Å². The molecule has 20 heavy (non-hydrogen) atoms. The lowest BCUT2D eigenvalue weighted by atomic mass is 9.75. The Kier molecular flexibility index (Phi) is 3.96. The number of piperidine rings is 1. The van der Waals surface area contributed by atoms with Gasteiger partial charge in [-0.05, 0) is 19.3 Å². The van der Waals surface area contributed by atoms with E-state index < -0.39 is 17.1 Å². The molecule has 110 valence electrons. The van der Waals surface area contributed by atoms with Gasteiger partial charge in [-0.2, -0.15) is 0 Å². The molecule has 0 bridgehead atoms. The van der Waals surface area contributed by atoms with E-state index in [0.29, 0.717) is 32.4 Å². The molecule has 0 spiro atoms. The van der Waals surface area contributed by atoms with Crippen LogP contribution in [0.4, 0.5) is 0 Å². The first kappa shape index (κ1) is 14.4. The summed E-state index contributed by atoms with van der Waals surface area (Å²) in [6, 6.07) is 0. The Morgan fingerprint density at radius 1 is 1.40 bits per heavy atom. The van der Waals surface area contributed by atoms with Crippen LogP contribution in [0.15, 0.2) is 11.0 Å². The molecule has 0 aliphatic carbocycles. The SMILES string of the molecule is CCCC1(C(=O)O)CCN(C(=O)c2c[nH]c(=O)[nH]2)CC1. The number of carboxylic acid groups (broad SMARTS) is 1. The Bertz CT molecular complexity index is 552. The van der Waals surface area contributed by atoms with Gasteiger partial charge in [0.25, 0.3) is 5.91 Å². The molecule has 1 aromatic rings. The van der Waals surface area contributed by atoms with Crippen LogP contribution < -0.4 is 5.69 Å². The van der Waals surface area contributed by atoms with Crippen molar-refractivity contribution in [2.45, 2.75) is 32.6 Å². The minimum atomic E-state index is -0.776. The first-order valence-corrected chi connectivity index (χ1v) is 6.79. The molecule has 1 amide bonds. The van der Waals surface area contributed by atoms with Gasteiger partial charge >= 0.3 is 11.7 Å². The third kappa shape index (κ3) is 2.61. The van der Waals surface area contributed by atoms with E-state index in [4.69, 9.17) is 0 Å². The number of rotatable bonds is 4. The molecule has 1 aliphatic rings.